The van der Waals surface area contributed by atoms with E-state index in [1.165, 1.54) is 38.5 Å². The Labute approximate surface area is 205 Å². The van der Waals surface area contributed by atoms with Crippen molar-refractivity contribution in [3.8, 4) is 11.5 Å². The van der Waals surface area contributed by atoms with Crippen molar-refractivity contribution in [3.63, 3.8) is 0 Å². The quantitative estimate of drug-likeness (QED) is 0.210. The van der Waals surface area contributed by atoms with Gasteiger partial charge in [-0.15, -0.1) is 0 Å². The molecule has 3 heteroatoms. The van der Waals surface area contributed by atoms with Gasteiger partial charge in [0.15, 0.2) is 5.78 Å². The summed E-state index contributed by atoms with van der Waals surface area (Å²) < 4.78 is 11.6. The number of Topliss-reactive ketones (excluding diaryl/α,β-unsaturated/α-hetero) is 1. The van der Waals surface area contributed by atoms with E-state index in [0.29, 0.717) is 0 Å². The highest BCUT2D eigenvalue weighted by atomic mass is 16.5. The van der Waals surface area contributed by atoms with Crippen LogP contribution in [0.1, 0.15) is 89.2 Å². The number of carbonyl (C=O) groups is 1. The average molecular weight is 461 g/mol. The van der Waals surface area contributed by atoms with E-state index in [1.807, 2.05) is 60.7 Å². The van der Waals surface area contributed by atoms with Crippen molar-refractivity contribution in [2.24, 2.45) is 0 Å². The van der Waals surface area contributed by atoms with E-state index in [1.54, 1.807) is 0 Å². The second kappa shape index (κ2) is 14.5. The van der Waals surface area contributed by atoms with E-state index >= 15 is 0 Å². The number of ketones is 1. The monoisotopic (exact) mass is 460 g/mol. The van der Waals surface area contributed by atoms with Crippen LogP contribution in [0.3, 0.4) is 0 Å². The molecule has 182 valence electrons. The molecule has 0 radical (unpaired) electrons. The highest BCUT2D eigenvalue weighted by Gasteiger charge is 2.22. The van der Waals surface area contributed by atoms with E-state index in [2.05, 4.69) is 13.8 Å². The van der Waals surface area contributed by atoms with E-state index in [0.717, 1.165) is 72.7 Å². The molecule has 3 rings (SSSR count). The lowest BCUT2D eigenvalue weighted by molar-refractivity contribution is -0.111. The van der Waals surface area contributed by atoms with Gasteiger partial charge in [-0.1, -0.05) is 76.6 Å². The van der Waals surface area contributed by atoms with Crippen LogP contribution in [-0.4, -0.2) is 19.0 Å². The Morgan fingerprint density at radius 3 is 1.41 bits per heavy atom. The molecule has 2 aromatic carbocycles. The van der Waals surface area contributed by atoms with Crippen LogP contribution in [0, 0.1) is 0 Å². The molecule has 1 fully saturated rings. The molecule has 34 heavy (non-hydrogen) atoms. The van der Waals surface area contributed by atoms with Gasteiger partial charge < -0.3 is 9.47 Å². The zero-order valence-electron chi connectivity index (χ0n) is 21.0. The number of hydrogen-bond donors (Lipinski definition) is 0. The third-order valence-electron chi connectivity index (χ3n) is 6.22. The van der Waals surface area contributed by atoms with E-state index in [4.69, 9.17) is 9.47 Å². The van der Waals surface area contributed by atoms with Crippen molar-refractivity contribution in [2.75, 3.05) is 13.2 Å². The van der Waals surface area contributed by atoms with Gasteiger partial charge in [0, 0.05) is 11.1 Å². The van der Waals surface area contributed by atoms with Gasteiger partial charge in [0.1, 0.15) is 11.5 Å². The van der Waals surface area contributed by atoms with Crippen molar-refractivity contribution in [1.82, 2.24) is 0 Å². The zero-order chi connectivity index (χ0) is 24.0. The average Bonchev–Trinajstić information content (AvgIpc) is 3.19. The number of hydrogen-bond acceptors (Lipinski definition) is 3. The van der Waals surface area contributed by atoms with Crippen LogP contribution in [0.25, 0.3) is 12.2 Å². The van der Waals surface area contributed by atoms with E-state index < -0.39 is 0 Å². The van der Waals surface area contributed by atoms with Gasteiger partial charge in [-0.2, -0.15) is 0 Å². The fraction of sp³-hybridized carbons (Fsp3) is 0.452. The van der Waals surface area contributed by atoms with Crippen molar-refractivity contribution in [1.29, 1.82) is 0 Å². The topological polar surface area (TPSA) is 35.5 Å². The van der Waals surface area contributed by atoms with Crippen LogP contribution < -0.4 is 9.47 Å². The lowest BCUT2D eigenvalue weighted by atomic mass is 10.1. The molecule has 0 aromatic heterocycles. The predicted octanol–water partition coefficient (Wildman–Crippen LogP) is 8.43. The van der Waals surface area contributed by atoms with Gasteiger partial charge in [-0.3, -0.25) is 4.79 Å². The SMILES string of the molecule is CCCCCCOc1ccc(/C=C2/CC/C(=C\c3ccc(OCCCCCC)cc3)C2=O)cc1. The fourth-order valence-corrected chi connectivity index (χ4v) is 4.14. The number of benzene rings is 2. The molecule has 1 aliphatic rings. The van der Waals surface area contributed by atoms with Crippen LogP contribution in [0.4, 0.5) is 0 Å². The summed E-state index contributed by atoms with van der Waals surface area (Å²) in [6.07, 6.45) is 15.2. The number of rotatable bonds is 14. The van der Waals surface area contributed by atoms with Gasteiger partial charge in [0.2, 0.25) is 0 Å². The van der Waals surface area contributed by atoms with E-state index in [9.17, 15) is 4.79 Å². The molecule has 0 amide bonds. The third-order valence-corrected chi connectivity index (χ3v) is 6.22. The van der Waals surface area contributed by atoms with Crippen LogP contribution >= 0.6 is 0 Å². The normalized spacial score (nSPS) is 15.9. The highest BCUT2D eigenvalue weighted by Crippen LogP contribution is 2.30. The Bertz CT molecular complexity index is 858. The first-order valence-corrected chi connectivity index (χ1v) is 13.1. The van der Waals surface area contributed by atoms with Gasteiger partial charge in [-0.25, -0.2) is 0 Å². The largest absolute Gasteiger partial charge is 0.494 e. The summed E-state index contributed by atoms with van der Waals surface area (Å²) in [7, 11) is 0. The molecule has 1 saturated carbocycles. The van der Waals surface area contributed by atoms with Gasteiger partial charge >= 0.3 is 0 Å². The molecule has 0 unspecified atom stereocenters. The summed E-state index contributed by atoms with van der Waals surface area (Å²) in [6, 6.07) is 16.1. The minimum atomic E-state index is 0.160. The first kappa shape index (κ1) is 25.8. The molecule has 1 aliphatic carbocycles. The zero-order valence-corrected chi connectivity index (χ0v) is 21.0. The van der Waals surface area contributed by atoms with Crippen molar-refractivity contribution >= 4 is 17.9 Å². The predicted molar refractivity (Wildman–Crippen MR) is 142 cm³/mol. The second-order valence-corrected chi connectivity index (χ2v) is 9.12. The van der Waals surface area contributed by atoms with E-state index in [-0.39, 0.29) is 5.78 Å². The molecule has 0 aliphatic heterocycles. The Hall–Kier alpha value is -2.81. The standard InChI is InChI=1S/C31H40O3/c1-3-5-7-9-21-33-29-17-11-25(12-18-29)23-27-15-16-28(31(27)32)24-26-13-19-30(20-14-26)34-22-10-8-6-4-2/h11-14,17-20,23-24H,3-10,15-16,21-22H2,1-2H3/b27-23-,28-24+. The molecule has 0 atom stereocenters. The third kappa shape index (κ3) is 8.52. The second-order valence-electron chi connectivity index (χ2n) is 9.12. The van der Waals surface area contributed by atoms with Crippen LogP contribution in [0.15, 0.2) is 59.7 Å². The number of carbonyl (C=O) groups excluding carboxylic acids is 1. The number of unbranched alkanes of at least 4 members (excludes halogenated alkanes) is 6. The van der Waals surface area contributed by atoms with Crippen LogP contribution in [-0.2, 0) is 4.79 Å². The number of allylic oxidation sites excluding steroid dienone is 2. The Morgan fingerprint density at radius 2 is 1.03 bits per heavy atom. The Morgan fingerprint density at radius 1 is 0.618 bits per heavy atom. The minimum absolute atomic E-state index is 0.160. The van der Waals surface area contributed by atoms with Crippen molar-refractivity contribution in [3.05, 3.63) is 70.8 Å². The van der Waals surface area contributed by atoms with Crippen LogP contribution in [0.5, 0.6) is 11.5 Å². The summed E-state index contributed by atoms with van der Waals surface area (Å²) in [5.74, 6) is 1.95. The summed E-state index contributed by atoms with van der Waals surface area (Å²) in [6.45, 7) is 5.95. The summed E-state index contributed by atoms with van der Waals surface area (Å²) in [4.78, 5) is 12.9. The molecule has 3 nitrogen and oxygen atoms in total. The summed E-state index contributed by atoms with van der Waals surface area (Å²) in [5.41, 5.74) is 3.85. The Balaban J connectivity index is 1.50. The summed E-state index contributed by atoms with van der Waals surface area (Å²) >= 11 is 0. The molecular formula is C31H40O3. The minimum Gasteiger partial charge on any atom is -0.494 e. The van der Waals surface area contributed by atoms with Crippen molar-refractivity contribution in [2.45, 2.75) is 78.1 Å². The number of ether oxygens (including phenoxy) is 2. The molecule has 0 bridgehead atoms. The maximum absolute atomic E-state index is 12.9. The maximum Gasteiger partial charge on any atom is 0.185 e. The molecule has 0 N–H and O–H groups in total. The highest BCUT2D eigenvalue weighted by molar-refractivity contribution is 6.15. The fourth-order valence-electron chi connectivity index (χ4n) is 4.14. The molecule has 0 heterocycles. The lowest BCUT2D eigenvalue weighted by Gasteiger charge is -2.06. The first-order valence-electron chi connectivity index (χ1n) is 13.1. The Kier molecular flexibility index (Phi) is 11.0. The van der Waals surface area contributed by atoms with Gasteiger partial charge in [0.05, 0.1) is 13.2 Å². The van der Waals surface area contributed by atoms with Gasteiger partial charge in [-0.05, 0) is 73.2 Å². The van der Waals surface area contributed by atoms with Crippen molar-refractivity contribution < 1.29 is 14.3 Å². The smallest absolute Gasteiger partial charge is 0.185 e. The molecule has 0 spiro atoms. The maximum atomic E-state index is 12.9. The lowest BCUT2D eigenvalue weighted by Crippen LogP contribution is -1.98. The molecule has 2 aromatic rings. The van der Waals surface area contributed by atoms with Crippen LogP contribution in [0.2, 0.25) is 0 Å². The molecular weight excluding hydrogens is 420 g/mol. The molecule has 0 saturated heterocycles. The first-order chi connectivity index (χ1) is 16.7. The van der Waals surface area contributed by atoms with Gasteiger partial charge in [0.25, 0.3) is 0 Å². The summed E-state index contributed by atoms with van der Waals surface area (Å²) in [5, 5.41) is 0.